The second-order valence-electron chi connectivity index (χ2n) is 3.64. The smallest absolute Gasteiger partial charge is 0.0191 e. The molecule has 0 fully saturated rings. The van der Waals surface area contributed by atoms with Crippen LogP contribution < -0.4 is 0 Å². The van der Waals surface area contributed by atoms with Crippen LogP contribution in [0.3, 0.4) is 0 Å². The minimum absolute atomic E-state index is 1.04. The van der Waals surface area contributed by atoms with E-state index in [-0.39, 0.29) is 0 Å². The molecule has 16 heavy (non-hydrogen) atoms. The number of hydrogen-bond donors (Lipinski definition) is 0. The van der Waals surface area contributed by atoms with Crippen LogP contribution in [-0.2, 0) is 0 Å². The fraction of sp³-hybridized carbons (Fsp3) is 0.200. The summed E-state index contributed by atoms with van der Waals surface area (Å²) in [5.41, 5.74) is 3.54. The van der Waals surface area contributed by atoms with Gasteiger partial charge in [0.15, 0.2) is 0 Å². The fourth-order valence-electron chi connectivity index (χ4n) is 1.34. The molecule has 0 spiro atoms. The summed E-state index contributed by atoms with van der Waals surface area (Å²) < 4.78 is 0. The maximum absolute atomic E-state index is 4.02. The molecule has 0 unspecified atom stereocenters. The molecule has 84 valence electrons. The quantitative estimate of drug-likeness (QED) is 0.591. The molecule has 1 aliphatic rings. The Morgan fingerprint density at radius 3 is 2.69 bits per heavy atom. The van der Waals surface area contributed by atoms with E-state index in [4.69, 9.17) is 0 Å². The van der Waals surface area contributed by atoms with Gasteiger partial charge in [-0.2, -0.15) is 0 Å². The van der Waals surface area contributed by atoms with Gasteiger partial charge in [-0.25, -0.2) is 0 Å². The second-order valence-corrected chi connectivity index (χ2v) is 4.55. The molecule has 0 aromatic rings. The Morgan fingerprint density at radius 1 is 1.31 bits per heavy atom. The van der Waals surface area contributed by atoms with Gasteiger partial charge in [0.2, 0.25) is 0 Å². The summed E-state index contributed by atoms with van der Waals surface area (Å²) in [6, 6.07) is 0. The van der Waals surface area contributed by atoms with Crippen molar-refractivity contribution in [3.63, 3.8) is 0 Å². The van der Waals surface area contributed by atoms with E-state index in [0.29, 0.717) is 0 Å². The van der Waals surface area contributed by atoms with Crippen LogP contribution in [0, 0.1) is 0 Å². The van der Waals surface area contributed by atoms with E-state index in [1.807, 2.05) is 6.92 Å². The second kappa shape index (κ2) is 6.39. The molecule has 0 saturated carbocycles. The predicted molar refractivity (Wildman–Crippen MR) is 76.3 cm³/mol. The van der Waals surface area contributed by atoms with Gasteiger partial charge in [0.25, 0.3) is 0 Å². The van der Waals surface area contributed by atoms with Gasteiger partial charge in [-0.1, -0.05) is 48.7 Å². The van der Waals surface area contributed by atoms with Gasteiger partial charge in [-0.15, -0.1) is 0 Å². The first kappa shape index (κ1) is 12.9. The zero-order chi connectivity index (χ0) is 12.0. The lowest BCUT2D eigenvalue weighted by molar-refractivity contribution is 1.50. The summed E-state index contributed by atoms with van der Waals surface area (Å²) in [7, 11) is 0. The molecule has 1 heteroatoms. The summed E-state index contributed by atoms with van der Waals surface area (Å²) in [5.74, 6) is 0. The van der Waals surface area contributed by atoms with Gasteiger partial charge in [-0.3, -0.25) is 0 Å². The molecule has 0 aliphatic carbocycles. The summed E-state index contributed by atoms with van der Waals surface area (Å²) >= 11 is 1.75. The zero-order valence-corrected chi connectivity index (χ0v) is 11.0. The van der Waals surface area contributed by atoms with Crippen molar-refractivity contribution in [2.45, 2.75) is 20.8 Å². The van der Waals surface area contributed by atoms with Gasteiger partial charge in [-0.05, 0) is 49.0 Å². The molecule has 0 N–H and O–H groups in total. The average molecular weight is 230 g/mol. The SMILES string of the molecule is C=C1C=C(C(/C=C\C)=C/C)S/C=C(C)\C=C/1. The maximum atomic E-state index is 4.02. The van der Waals surface area contributed by atoms with Crippen LogP contribution in [0.5, 0.6) is 0 Å². The number of rotatable bonds is 2. The van der Waals surface area contributed by atoms with Gasteiger partial charge in [0, 0.05) is 4.91 Å². The Labute approximate surface area is 103 Å². The molecule has 1 heterocycles. The monoisotopic (exact) mass is 230 g/mol. The third kappa shape index (κ3) is 3.74. The standard InChI is InChI=1S/C15H18S/c1-5-7-14(6-2)15-10-12(3)8-9-13(4)11-16-15/h5-11H,3H2,1-2,4H3/b7-5-,9-8-,13-11-,14-6+,15-10?. The first-order valence-corrected chi connectivity index (χ1v) is 6.27. The molecular formula is C15H18S. The molecule has 0 aromatic heterocycles. The zero-order valence-electron chi connectivity index (χ0n) is 10.2. The minimum Gasteiger partial charge on any atom is -0.0972 e. The van der Waals surface area contributed by atoms with E-state index in [0.717, 1.165) is 5.57 Å². The van der Waals surface area contributed by atoms with Crippen molar-refractivity contribution in [2.75, 3.05) is 0 Å². The highest BCUT2D eigenvalue weighted by Gasteiger charge is 2.03. The molecule has 0 aromatic carbocycles. The summed E-state index contributed by atoms with van der Waals surface area (Å²) in [6.45, 7) is 10.2. The van der Waals surface area contributed by atoms with Crippen LogP contribution in [0.25, 0.3) is 0 Å². The van der Waals surface area contributed by atoms with Gasteiger partial charge < -0.3 is 0 Å². The molecule has 0 nitrogen and oxygen atoms in total. The highest BCUT2D eigenvalue weighted by Crippen LogP contribution is 2.30. The fourth-order valence-corrected chi connectivity index (χ4v) is 2.27. The van der Waals surface area contributed by atoms with Crippen LogP contribution >= 0.6 is 11.8 Å². The lowest BCUT2D eigenvalue weighted by atomic mass is 10.1. The highest BCUT2D eigenvalue weighted by molar-refractivity contribution is 8.06. The van der Waals surface area contributed by atoms with Gasteiger partial charge >= 0.3 is 0 Å². The molecule has 0 bridgehead atoms. The Morgan fingerprint density at radius 2 is 2.06 bits per heavy atom. The van der Waals surface area contributed by atoms with Gasteiger partial charge in [0.1, 0.15) is 0 Å². The number of hydrogen-bond acceptors (Lipinski definition) is 1. The topological polar surface area (TPSA) is 0 Å². The number of allylic oxidation sites excluding steroid dienone is 9. The predicted octanol–water partition coefficient (Wildman–Crippen LogP) is 5.16. The largest absolute Gasteiger partial charge is 0.0972 e. The van der Waals surface area contributed by atoms with Crippen LogP contribution in [0.15, 0.2) is 70.1 Å². The van der Waals surface area contributed by atoms with Gasteiger partial charge in [0.05, 0.1) is 0 Å². The average Bonchev–Trinajstić information content (AvgIpc) is 2.27. The normalized spacial score (nSPS) is 23.4. The molecule has 0 saturated heterocycles. The number of thioether (sulfide) groups is 1. The van der Waals surface area contributed by atoms with E-state index in [1.165, 1.54) is 16.1 Å². The lowest BCUT2D eigenvalue weighted by Gasteiger charge is -2.08. The Balaban J connectivity index is 3.08. The summed E-state index contributed by atoms with van der Waals surface area (Å²) in [5, 5.41) is 2.17. The Hall–Kier alpha value is -1.21. The first-order valence-electron chi connectivity index (χ1n) is 5.39. The third-order valence-electron chi connectivity index (χ3n) is 2.19. The van der Waals surface area contributed by atoms with Crippen molar-refractivity contribution in [3.05, 3.63) is 70.1 Å². The van der Waals surface area contributed by atoms with Crippen LogP contribution in [-0.4, -0.2) is 0 Å². The highest BCUT2D eigenvalue weighted by atomic mass is 32.2. The van der Waals surface area contributed by atoms with E-state index >= 15 is 0 Å². The van der Waals surface area contributed by atoms with Crippen LogP contribution in [0.4, 0.5) is 0 Å². The molecule has 0 atom stereocenters. The molecule has 1 rings (SSSR count). The van der Waals surface area contributed by atoms with E-state index < -0.39 is 0 Å². The lowest BCUT2D eigenvalue weighted by Crippen LogP contribution is -1.85. The first-order chi connectivity index (χ1) is 7.67. The third-order valence-corrected chi connectivity index (χ3v) is 3.29. The molecule has 0 radical (unpaired) electrons. The molecule has 1 aliphatic heterocycles. The van der Waals surface area contributed by atoms with Crippen LogP contribution in [0.2, 0.25) is 0 Å². The van der Waals surface area contributed by atoms with Crippen molar-refractivity contribution in [1.82, 2.24) is 0 Å². The van der Waals surface area contributed by atoms with Crippen LogP contribution in [0.1, 0.15) is 20.8 Å². The van der Waals surface area contributed by atoms with Crippen molar-refractivity contribution in [1.29, 1.82) is 0 Å². The minimum atomic E-state index is 1.04. The Kier molecular flexibility index (Phi) is 5.13. The van der Waals surface area contributed by atoms with Crippen molar-refractivity contribution >= 4 is 11.8 Å². The molecule has 0 amide bonds. The van der Waals surface area contributed by atoms with E-state index in [1.54, 1.807) is 11.8 Å². The van der Waals surface area contributed by atoms with Crippen molar-refractivity contribution in [2.24, 2.45) is 0 Å². The summed E-state index contributed by atoms with van der Waals surface area (Å²) in [6.07, 6.45) is 12.6. The maximum Gasteiger partial charge on any atom is 0.0191 e. The van der Waals surface area contributed by atoms with E-state index in [9.17, 15) is 0 Å². The Bertz CT molecular complexity index is 415. The summed E-state index contributed by atoms with van der Waals surface area (Å²) in [4.78, 5) is 1.24. The van der Waals surface area contributed by atoms with Crippen molar-refractivity contribution in [3.8, 4) is 0 Å². The molecular weight excluding hydrogens is 212 g/mol. The van der Waals surface area contributed by atoms with E-state index in [2.05, 4.69) is 62.3 Å². The van der Waals surface area contributed by atoms with Crippen molar-refractivity contribution < 1.29 is 0 Å².